The van der Waals surface area contributed by atoms with E-state index in [4.69, 9.17) is 0 Å². The number of carbonyl (C=O) groups excluding carboxylic acids is 1. The average molecular weight is 366 g/mol. The number of hydrogen-bond donors (Lipinski definition) is 2. The molecule has 2 N–H and O–H groups in total. The Morgan fingerprint density at radius 2 is 2.00 bits per heavy atom. The maximum atomic E-state index is 12.6. The van der Waals surface area contributed by atoms with E-state index < -0.39 is 0 Å². The van der Waals surface area contributed by atoms with E-state index in [9.17, 15) is 9.90 Å². The standard InChI is InChI=1S/C19H31N3O2S/c1-2-10-22(13-15-8-9-15)17(23)11-16-18(24)21-19(25-16)20-12-14-6-4-3-5-7-14/h14-15,24H,2-13H2,1H3,(H,20,21). The number of amides is 1. The molecule has 2 fully saturated rings. The topological polar surface area (TPSA) is 65.5 Å². The normalized spacial score (nSPS) is 18.3. The zero-order valence-corrected chi connectivity index (χ0v) is 16.1. The highest BCUT2D eigenvalue weighted by atomic mass is 32.1. The van der Waals surface area contributed by atoms with E-state index in [0.29, 0.717) is 16.7 Å². The first-order chi connectivity index (χ1) is 12.2. The lowest BCUT2D eigenvalue weighted by atomic mass is 9.89. The first-order valence-electron chi connectivity index (χ1n) is 9.86. The highest BCUT2D eigenvalue weighted by molar-refractivity contribution is 7.16. The van der Waals surface area contributed by atoms with Gasteiger partial charge in [0.05, 0.1) is 11.3 Å². The molecule has 2 aliphatic carbocycles. The van der Waals surface area contributed by atoms with E-state index in [0.717, 1.165) is 31.2 Å². The SMILES string of the molecule is CCCN(CC1CC1)C(=O)Cc1sc(NCC2CCCCC2)nc1O. The Bertz CT molecular complexity index is 565. The van der Waals surface area contributed by atoms with Crippen molar-refractivity contribution in [2.75, 3.05) is 25.0 Å². The summed E-state index contributed by atoms with van der Waals surface area (Å²) in [5.41, 5.74) is 0. The number of anilines is 1. The van der Waals surface area contributed by atoms with Crippen LogP contribution in [0.3, 0.4) is 0 Å². The van der Waals surface area contributed by atoms with Gasteiger partial charge in [-0.15, -0.1) is 0 Å². The fraction of sp³-hybridized carbons (Fsp3) is 0.789. The van der Waals surface area contributed by atoms with Gasteiger partial charge in [-0.25, -0.2) is 0 Å². The van der Waals surface area contributed by atoms with Crippen molar-refractivity contribution in [3.8, 4) is 5.88 Å². The van der Waals surface area contributed by atoms with Crippen molar-refractivity contribution in [2.24, 2.45) is 11.8 Å². The van der Waals surface area contributed by atoms with Gasteiger partial charge in [0.25, 0.3) is 0 Å². The summed E-state index contributed by atoms with van der Waals surface area (Å²) in [6.07, 6.45) is 10.3. The molecule has 0 radical (unpaired) electrons. The summed E-state index contributed by atoms with van der Waals surface area (Å²) in [7, 11) is 0. The van der Waals surface area contributed by atoms with Gasteiger partial charge in [0.1, 0.15) is 0 Å². The van der Waals surface area contributed by atoms with Crippen LogP contribution in [0, 0.1) is 11.8 Å². The molecule has 1 amide bonds. The van der Waals surface area contributed by atoms with Crippen LogP contribution in [-0.4, -0.2) is 40.5 Å². The fourth-order valence-corrected chi connectivity index (χ4v) is 4.46. The van der Waals surface area contributed by atoms with Crippen LogP contribution < -0.4 is 5.32 Å². The zero-order valence-electron chi connectivity index (χ0n) is 15.3. The Balaban J connectivity index is 1.52. The first-order valence-corrected chi connectivity index (χ1v) is 10.7. The number of nitrogens with one attached hydrogen (secondary N) is 1. The molecule has 0 bridgehead atoms. The van der Waals surface area contributed by atoms with Crippen LogP contribution in [0.25, 0.3) is 0 Å². The lowest BCUT2D eigenvalue weighted by Crippen LogP contribution is -2.34. The predicted molar refractivity (Wildman–Crippen MR) is 102 cm³/mol. The molecule has 0 aliphatic heterocycles. The minimum atomic E-state index is 0.0207. The number of carbonyl (C=O) groups is 1. The molecular weight excluding hydrogens is 334 g/mol. The van der Waals surface area contributed by atoms with Gasteiger partial charge in [0.15, 0.2) is 5.13 Å². The molecule has 2 saturated carbocycles. The largest absolute Gasteiger partial charge is 0.492 e. The minimum Gasteiger partial charge on any atom is -0.492 e. The Morgan fingerprint density at radius 3 is 2.68 bits per heavy atom. The Labute approximate surface area is 154 Å². The van der Waals surface area contributed by atoms with Crippen LogP contribution in [0.2, 0.25) is 0 Å². The van der Waals surface area contributed by atoms with Gasteiger partial charge in [0.2, 0.25) is 11.8 Å². The molecule has 0 atom stereocenters. The molecule has 6 heteroatoms. The van der Waals surface area contributed by atoms with Gasteiger partial charge >= 0.3 is 0 Å². The molecule has 25 heavy (non-hydrogen) atoms. The van der Waals surface area contributed by atoms with Crippen LogP contribution in [0.15, 0.2) is 0 Å². The van der Waals surface area contributed by atoms with Crippen molar-refractivity contribution < 1.29 is 9.90 Å². The summed E-state index contributed by atoms with van der Waals surface area (Å²) in [6, 6.07) is 0. The third kappa shape index (κ3) is 5.59. The van der Waals surface area contributed by atoms with Gasteiger partial charge in [-0.1, -0.05) is 37.5 Å². The number of rotatable bonds is 9. The number of thiazole rings is 1. The minimum absolute atomic E-state index is 0.0207. The molecule has 0 aromatic carbocycles. The van der Waals surface area contributed by atoms with E-state index in [1.54, 1.807) is 0 Å². The van der Waals surface area contributed by atoms with Crippen LogP contribution >= 0.6 is 11.3 Å². The smallest absolute Gasteiger partial charge is 0.228 e. The van der Waals surface area contributed by atoms with Gasteiger partial charge in [0, 0.05) is 19.6 Å². The lowest BCUT2D eigenvalue weighted by Gasteiger charge is -2.21. The highest BCUT2D eigenvalue weighted by Crippen LogP contribution is 2.32. The summed E-state index contributed by atoms with van der Waals surface area (Å²) < 4.78 is 0. The third-order valence-electron chi connectivity index (χ3n) is 5.28. The molecule has 1 aromatic heterocycles. The lowest BCUT2D eigenvalue weighted by molar-refractivity contribution is -0.130. The van der Waals surface area contributed by atoms with Gasteiger partial charge < -0.3 is 15.3 Å². The Kier molecular flexibility index (Phi) is 6.57. The van der Waals surface area contributed by atoms with Crippen LogP contribution in [0.4, 0.5) is 5.13 Å². The Morgan fingerprint density at radius 1 is 1.24 bits per heavy atom. The van der Waals surface area contributed by atoms with Gasteiger partial charge in [-0.3, -0.25) is 4.79 Å². The molecule has 5 nitrogen and oxygen atoms in total. The molecule has 1 aromatic rings. The number of aromatic nitrogens is 1. The second kappa shape index (κ2) is 8.88. The van der Waals surface area contributed by atoms with Crippen LogP contribution in [0.5, 0.6) is 5.88 Å². The van der Waals surface area contributed by atoms with Crippen LogP contribution in [-0.2, 0) is 11.2 Å². The fourth-order valence-electron chi connectivity index (χ4n) is 3.61. The summed E-state index contributed by atoms with van der Waals surface area (Å²) in [6.45, 7) is 4.70. The highest BCUT2D eigenvalue weighted by Gasteiger charge is 2.27. The molecular formula is C19H31N3O2S. The van der Waals surface area contributed by atoms with Crippen molar-refractivity contribution in [1.82, 2.24) is 9.88 Å². The number of aromatic hydroxyl groups is 1. The van der Waals surface area contributed by atoms with E-state index >= 15 is 0 Å². The first kappa shape index (κ1) is 18.5. The van der Waals surface area contributed by atoms with E-state index in [2.05, 4.69) is 17.2 Å². The molecule has 3 rings (SSSR count). The van der Waals surface area contributed by atoms with Crippen molar-refractivity contribution in [1.29, 1.82) is 0 Å². The quantitative estimate of drug-likeness (QED) is 0.693. The molecule has 0 spiro atoms. The number of hydrogen-bond acceptors (Lipinski definition) is 5. The van der Waals surface area contributed by atoms with Crippen molar-refractivity contribution in [2.45, 2.75) is 64.7 Å². The van der Waals surface area contributed by atoms with Crippen molar-refractivity contribution >= 4 is 22.4 Å². The molecule has 0 unspecified atom stereocenters. The maximum Gasteiger partial charge on any atom is 0.228 e. The van der Waals surface area contributed by atoms with Crippen molar-refractivity contribution in [3.63, 3.8) is 0 Å². The van der Waals surface area contributed by atoms with Crippen LogP contribution in [0.1, 0.15) is 63.2 Å². The Hall–Kier alpha value is -1.30. The summed E-state index contributed by atoms with van der Waals surface area (Å²) >= 11 is 1.43. The molecule has 2 aliphatic rings. The van der Waals surface area contributed by atoms with E-state index in [1.165, 1.54) is 56.3 Å². The molecule has 1 heterocycles. The number of nitrogens with zero attached hydrogens (tertiary/aromatic N) is 2. The van der Waals surface area contributed by atoms with Gasteiger partial charge in [-0.2, -0.15) is 4.98 Å². The monoisotopic (exact) mass is 365 g/mol. The van der Waals surface area contributed by atoms with Gasteiger partial charge in [-0.05, 0) is 43.9 Å². The summed E-state index contributed by atoms with van der Waals surface area (Å²) in [4.78, 5) is 19.5. The second-order valence-corrected chi connectivity index (χ2v) is 8.69. The second-order valence-electron chi connectivity index (χ2n) is 7.61. The summed E-state index contributed by atoms with van der Waals surface area (Å²) in [5.74, 6) is 1.54. The predicted octanol–water partition coefficient (Wildman–Crippen LogP) is 4.03. The molecule has 140 valence electrons. The van der Waals surface area contributed by atoms with E-state index in [1.807, 2.05) is 4.90 Å². The average Bonchev–Trinajstić information content (AvgIpc) is 3.37. The zero-order chi connectivity index (χ0) is 17.6. The third-order valence-corrected chi connectivity index (χ3v) is 6.28. The van der Waals surface area contributed by atoms with Crippen molar-refractivity contribution in [3.05, 3.63) is 4.88 Å². The molecule has 0 saturated heterocycles. The summed E-state index contributed by atoms with van der Waals surface area (Å²) in [5, 5.41) is 14.2. The van der Waals surface area contributed by atoms with E-state index in [-0.39, 0.29) is 18.2 Å². The maximum absolute atomic E-state index is 12.6.